The Morgan fingerprint density at radius 2 is 2.20 bits per heavy atom. The summed E-state index contributed by atoms with van der Waals surface area (Å²) < 4.78 is 0. The monoisotopic (exact) mass is 292 g/mol. The number of piperidine rings is 1. The van der Waals surface area contributed by atoms with Crippen LogP contribution in [0.15, 0.2) is 11.4 Å². The summed E-state index contributed by atoms with van der Waals surface area (Å²) in [6, 6.07) is 2.09. The standard InChI is InChI=1S/C15H20N2O2S/c1-16(15(19)17-7-3-2-4-8-17)11-14-10-13(12-20-14)6-5-9-18/h10,12,18H,2-4,7-9,11H2,1H3. The Labute approximate surface area is 124 Å². The van der Waals surface area contributed by atoms with E-state index in [0.29, 0.717) is 6.54 Å². The summed E-state index contributed by atoms with van der Waals surface area (Å²) in [5, 5.41) is 10.6. The molecule has 108 valence electrons. The van der Waals surface area contributed by atoms with Gasteiger partial charge in [-0.2, -0.15) is 0 Å². The second-order valence-corrected chi connectivity index (χ2v) is 5.94. The number of hydrogen-bond donors (Lipinski definition) is 1. The molecule has 0 bridgehead atoms. The highest BCUT2D eigenvalue weighted by Crippen LogP contribution is 2.17. The summed E-state index contributed by atoms with van der Waals surface area (Å²) in [6.45, 7) is 2.24. The summed E-state index contributed by atoms with van der Waals surface area (Å²) >= 11 is 1.60. The van der Waals surface area contributed by atoms with Gasteiger partial charge in [0.1, 0.15) is 6.61 Å². The molecule has 0 aliphatic carbocycles. The van der Waals surface area contributed by atoms with Crippen molar-refractivity contribution in [2.75, 3.05) is 26.7 Å². The molecule has 1 aliphatic heterocycles. The van der Waals surface area contributed by atoms with Gasteiger partial charge in [0.05, 0.1) is 6.54 Å². The molecule has 0 radical (unpaired) electrons. The van der Waals surface area contributed by atoms with Crippen LogP contribution >= 0.6 is 11.3 Å². The number of aliphatic hydroxyl groups excluding tert-OH is 1. The molecule has 0 aromatic carbocycles. The molecular formula is C15H20N2O2S. The molecule has 1 N–H and O–H groups in total. The van der Waals surface area contributed by atoms with Gasteiger partial charge in [-0.15, -0.1) is 11.3 Å². The molecule has 1 fully saturated rings. The molecule has 20 heavy (non-hydrogen) atoms. The number of carbonyl (C=O) groups is 1. The van der Waals surface area contributed by atoms with Crippen molar-refractivity contribution >= 4 is 17.4 Å². The maximum Gasteiger partial charge on any atom is 0.320 e. The van der Waals surface area contributed by atoms with Crippen LogP contribution in [0.4, 0.5) is 4.79 Å². The fourth-order valence-electron chi connectivity index (χ4n) is 2.30. The minimum Gasteiger partial charge on any atom is -0.384 e. The summed E-state index contributed by atoms with van der Waals surface area (Å²) in [4.78, 5) is 17.1. The van der Waals surface area contributed by atoms with Crippen molar-refractivity contribution in [2.45, 2.75) is 25.8 Å². The molecule has 0 spiro atoms. The second kappa shape index (κ2) is 7.32. The molecule has 2 amide bonds. The Bertz CT molecular complexity index is 509. The van der Waals surface area contributed by atoms with Gasteiger partial charge < -0.3 is 14.9 Å². The lowest BCUT2D eigenvalue weighted by molar-refractivity contribution is 0.151. The maximum atomic E-state index is 12.3. The average Bonchev–Trinajstić information content (AvgIpc) is 2.92. The van der Waals surface area contributed by atoms with Gasteiger partial charge in [-0.25, -0.2) is 4.79 Å². The molecule has 1 saturated heterocycles. The Kier molecular flexibility index (Phi) is 5.45. The van der Waals surface area contributed by atoms with Gasteiger partial charge in [0.2, 0.25) is 0 Å². The number of nitrogens with zero attached hydrogens (tertiary/aromatic N) is 2. The summed E-state index contributed by atoms with van der Waals surface area (Å²) in [7, 11) is 1.84. The zero-order valence-corrected chi connectivity index (χ0v) is 12.6. The van der Waals surface area contributed by atoms with Crippen LogP contribution in [0.5, 0.6) is 0 Å². The predicted molar refractivity (Wildman–Crippen MR) is 80.6 cm³/mol. The van der Waals surface area contributed by atoms with Gasteiger partial charge >= 0.3 is 6.03 Å². The van der Waals surface area contributed by atoms with E-state index in [1.165, 1.54) is 6.42 Å². The largest absolute Gasteiger partial charge is 0.384 e. The Morgan fingerprint density at radius 3 is 2.90 bits per heavy atom. The zero-order chi connectivity index (χ0) is 14.4. The van der Waals surface area contributed by atoms with Crippen LogP contribution in [0.2, 0.25) is 0 Å². The summed E-state index contributed by atoms with van der Waals surface area (Å²) in [5.41, 5.74) is 0.901. The van der Waals surface area contributed by atoms with E-state index in [1.807, 2.05) is 23.4 Å². The molecule has 0 unspecified atom stereocenters. The fraction of sp³-hybridized carbons (Fsp3) is 0.533. The third kappa shape index (κ3) is 3.99. The maximum absolute atomic E-state index is 12.3. The van der Waals surface area contributed by atoms with Gasteiger partial charge in [0.15, 0.2) is 0 Å². The average molecular weight is 292 g/mol. The predicted octanol–water partition coefficient (Wildman–Crippen LogP) is 2.13. The van der Waals surface area contributed by atoms with E-state index in [9.17, 15) is 4.79 Å². The first-order valence-electron chi connectivity index (χ1n) is 6.88. The van der Waals surface area contributed by atoms with Crippen molar-refractivity contribution in [3.63, 3.8) is 0 Å². The van der Waals surface area contributed by atoms with E-state index >= 15 is 0 Å². The van der Waals surface area contributed by atoms with Crippen LogP contribution in [-0.4, -0.2) is 47.7 Å². The molecule has 2 heterocycles. The second-order valence-electron chi connectivity index (χ2n) is 4.95. The van der Waals surface area contributed by atoms with Gasteiger partial charge in [-0.05, 0) is 25.3 Å². The molecule has 5 heteroatoms. The van der Waals surface area contributed by atoms with E-state index in [0.717, 1.165) is 36.4 Å². The molecule has 2 rings (SSSR count). The smallest absolute Gasteiger partial charge is 0.320 e. The fourth-order valence-corrected chi connectivity index (χ4v) is 3.17. The van der Waals surface area contributed by atoms with Crippen molar-refractivity contribution < 1.29 is 9.90 Å². The molecule has 1 aliphatic rings. The van der Waals surface area contributed by atoms with Crippen LogP contribution in [0.25, 0.3) is 0 Å². The van der Waals surface area contributed by atoms with E-state index < -0.39 is 0 Å². The Hall–Kier alpha value is -1.51. The number of likely N-dealkylation sites (tertiary alicyclic amines) is 1. The SMILES string of the molecule is CN(Cc1cc(C#CCO)cs1)C(=O)N1CCCCC1. The lowest BCUT2D eigenvalue weighted by Crippen LogP contribution is -2.43. The van der Waals surface area contributed by atoms with E-state index in [-0.39, 0.29) is 12.6 Å². The van der Waals surface area contributed by atoms with E-state index in [2.05, 4.69) is 11.8 Å². The van der Waals surface area contributed by atoms with E-state index in [1.54, 1.807) is 16.2 Å². The summed E-state index contributed by atoms with van der Waals surface area (Å²) in [6.07, 6.45) is 3.45. The number of carbonyl (C=O) groups excluding carboxylic acids is 1. The lowest BCUT2D eigenvalue weighted by atomic mass is 10.1. The molecule has 0 saturated carbocycles. The van der Waals surface area contributed by atoms with Crippen LogP contribution < -0.4 is 0 Å². The van der Waals surface area contributed by atoms with Crippen molar-refractivity contribution in [3.8, 4) is 11.8 Å². The first-order chi connectivity index (χ1) is 9.70. The minimum absolute atomic E-state index is 0.112. The van der Waals surface area contributed by atoms with Crippen LogP contribution in [-0.2, 0) is 6.54 Å². The highest BCUT2D eigenvalue weighted by molar-refractivity contribution is 7.10. The highest BCUT2D eigenvalue weighted by Gasteiger charge is 2.20. The Balaban J connectivity index is 1.91. The highest BCUT2D eigenvalue weighted by atomic mass is 32.1. The van der Waals surface area contributed by atoms with Crippen molar-refractivity contribution in [1.29, 1.82) is 0 Å². The molecular weight excluding hydrogens is 272 g/mol. The van der Waals surface area contributed by atoms with Gasteiger partial charge in [0.25, 0.3) is 0 Å². The number of urea groups is 1. The van der Waals surface area contributed by atoms with Gasteiger partial charge in [0, 0.05) is 36.0 Å². The van der Waals surface area contributed by atoms with E-state index in [4.69, 9.17) is 5.11 Å². The first-order valence-corrected chi connectivity index (χ1v) is 7.76. The molecule has 1 aromatic rings. The lowest BCUT2D eigenvalue weighted by Gasteiger charge is -2.30. The number of aliphatic hydroxyl groups is 1. The van der Waals surface area contributed by atoms with Crippen molar-refractivity contribution in [2.24, 2.45) is 0 Å². The number of thiophene rings is 1. The topological polar surface area (TPSA) is 43.8 Å². The van der Waals surface area contributed by atoms with Crippen molar-refractivity contribution in [1.82, 2.24) is 9.80 Å². The number of rotatable bonds is 2. The van der Waals surface area contributed by atoms with Crippen LogP contribution in [0, 0.1) is 11.8 Å². The zero-order valence-electron chi connectivity index (χ0n) is 11.8. The van der Waals surface area contributed by atoms with Crippen molar-refractivity contribution in [3.05, 3.63) is 21.9 Å². The third-order valence-electron chi connectivity index (χ3n) is 3.31. The van der Waals surface area contributed by atoms with Gasteiger partial charge in [-0.1, -0.05) is 11.8 Å². The molecule has 1 aromatic heterocycles. The molecule has 0 atom stereocenters. The molecule has 4 nitrogen and oxygen atoms in total. The normalized spacial score (nSPS) is 14.6. The summed E-state index contributed by atoms with van der Waals surface area (Å²) in [5.74, 6) is 5.51. The van der Waals surface area contributed by atoms with Crippen LogP contribution in [0.1, 0.15) is 29.7 Å². The number of hydrogen-bond acceptors (Lipinski definition) is 3. The quantitative estimate of drug-likeness (QED) is 0.849. The van der Waals surface area contributed by atoms with Crippen LogP contribution in [0.3, 0.4) is 0 Å². The third-order valence-corrected chi connectivity index (χ3v) is 4.23. The Morgan fingerprint density at radius 1 is 1.45 bits per heavy atom. The number of amides is 2. The first kappa shape index (κ1) is 14.9. The minimum atomic E-state index is -0.126. The van der Waals surface area contributed by atoms with Gasteiger partial charge in [-0.3, -0.25) is 0 Å².